The van der Waals surface area contributed by atoms with Gasteiger partial charge in [0.25, 0.3) is 5.69 Å². The minimum atomic E-state index is -2.80. The summed E-state index contributed by atoms with van der Waals surface area (Å²) in [6, 6.07) is 13.6. The van der Waals surface area contributed by atoms with Gasteiger partial charge in [-0.2, -0.15) is 4.57 Å². The van der Waals surface area contributed by atoms with Crippen molar-refractivity contribution >= 4 is 21.9 Å². The van der Waals surface area contributed by atoms with Crippen LogP contribution < -0.4 is 4.57 Å². The Morgan fingerprint density at radius 2 is 1.40 bits per heavy atom. The number of fused-ring (bicyclic) bond motifs is 3. The maximum atomic E-state index is 9.17. The van der Waals surface area contributed by atoms with E-state index in [4.69, 9.17) is 30.3 Å². The van der Waals surface area contributed by atoms with E-state index >= 15 is 0 Å². The molecule has 0 saturated heterocycles. The van der Waals surface area contributed by atoms with Crippen molar-refractivity contribution < 1.29 is 21.3 Å². The Labute approximate surface area is 299 Å². The summed E-state index contributed by atoms with van der Waals surface area (Å²) in [5, 5.41) is 1.65. The first-order chi connectivity index (χ1) is 25.9. The maximum Gasteiger partial charge on any atom is 0.257 e. The lowest BCUT2D eigenvalue weighted by Crippen LogP contribution is -2.35. The van der Waals surface area contributed by atoms with E-state index < -0.39 is 25.5 Å². The van der Waals surface area contributed by atoms with Gasteiger partial charge in [-0.1, -0.05) is 92.6 Å². The number of hydrogen-bond donors (Lipinski definition) is 0. The van der Waals surface area contributed by atoms with Crippen molar-refractivity contribution in [3.63, 3.8) is 0 Å². The molecule has 3 aromatic carbocycles. The van der Waals surface area contributed by atoms with Crippen LogP contribution in [-0.4, -0.2) is 15.0 Å². The summed E-state index contributed by atoms with van der Waals surface area (Å²) in [6.45, 7) is 15.7. The van der Waals surface area contributed by atoms with Crippen molar-refractivity contribution in [2.75, 3.05) is 0 Å². The monoisotopic (exact) mass is 648 g/mol. The first-order valence-corrected chi connectivity index (χ1v) is 16.4. The van der Waals surface area contributed by atoms with Gasteiger partial charge in [0.2, 0.25) is 5.58 Å². The van der Waals surface area contributed by atoms with Crippen LogP contribution in [0.1, 0.15) is 114 Å². The second-order valence-electron chi connectivity index (χ2n) is 15.9. The van der Waals surface area contributed by atoms with Gasteiger partial charge >= 0.3 is 0 Å². The number of rotatable bonds is 4. The Morgan fingerprint density at radius 3 is 2.02 bits per heavy atom. The smallest absolute Gasteiger partial charge is 0.257 e. The third-order valence-electron chi connectivity index (χ3n) is 8.30. The van der Waals surface area contributed by atoms with Crippen molar-refractivity contribution in [1.82, 2.24) is 15.0 Å². The lowest BCUT2D eigenvalue weighted by molar-refractivity contribution is -0.601. The van der Waals surface area contributed by atoms with Crippen LogP contribution in [0, 0.1) is 33.0 Å². The maximum absolute atomic E-state index is 9.17. The molecule has 0 bridgehead atoms. The van der Waals surface area contributed by atoms with E-state index in [1.165, 1.54) is 18.2 Å². The van der Waals surface area contributed by atoms with Crippen molar-refractivity contribution in [1.29, 1.82) is 0 Å². The zero-order chi connectivity index (χ0) is 42.6. The highest BCUT2D eigenvalue weighted by Gasteiger charge is 2.27. The van der Waals surface area contributed by atoms with Gasteiger partial charge in [-0.15, -0.1) is 0 Å². The largest absolute Gasteiger partial charge is 0.449 e. The van der Waals surface area contributed by atoms with Crippen LogP contribution in [-0.2, 0) is 17.2 Å². The molecule has 0 fully saturated rings. The number of benzene rings is 3. The average molecular weight is 649 g/mol. The van der Waals surface area contributed by atoms with Gasteiger partial charge in [0, 0.05) is 62.2 Å². The SMILES string of the molecule is [2H]c1cc(C([2H])([2H])C(C)(C)C)cc(C([2H])([2H])[2H])c1-c1c[n+](-c2c(C)ccc3c2oc2cc(-c4nc(C(C)(C)C)nc(C(C)(C)C)n4)ccc23)c(C)cc1C([2H])([2H])[2H]. The molecule has 3 heterocycles. The van der Waals surface area contributed by atoms with E-state index in [9.17, 15) is 1.37 Å². The average Bonchev–Trinajstić information content (AvgIpc) is 3.43. The first-order valence-electron chi connectivity index (χ1n) is 20.9. The van der Waals surface area contributed by atoms with Gasteiger partial charge in [0.05, 0.1) is 1.37 Å². The molecule has 0 aliphatic carbocycles. The summed E-state index contributed by atoms with van der Waals surface area (Å²) < 4.78 is 86.5. The van der Waals surface area contributed by atoms with Crippen molar-refractivity contribution in [2.45, 2.75) is 107 Å². The molecule has 0 radical (unpaired) electrons. The lowest BCUT2D eigenvalue weighted by atomic mass is 9.86. The topological polar surface area (TPSA) is 55.7 Å². The third kappa shape index (κ3) is 6.40. The van der Waals surface area contributed by atoms with Gasteiger partial charge in [-0.25, -0.2) is 15.0 Å². The van der Waals surface area contributed by atoms with E-state index in [0.29, 0.717) is 40.0 Å². The summed E-state index contributed by atoms with van der Waals surface area (Å²) in [7, 11) is 0. The Morgan fingerprint density at radius 1 is 0.750 bits per heavy atom. The molecule has 0 aliphatic rings. The second kappa shape index (κ2) is 11.6. The highest BCUT2D eigenvalue weighted by Crippen LogP contribution is 2.36. The van der Waals surface area contributed by atoms with Crippen LogP contribution in [0.2, 0.25) is 0 Å². The van der Waals surface area contributed by atoms with Crippen LogP contribution in [0.3, 0.4) is 0 Å². The van der Waals surface area contributed by atoms with Gasteiger partial charge in [-0.3, -0.25) is 0 Å². The van der Waals surface area contributed by atoms with Crippen LogP contribution >= 0.6 is 0 Å². The fraction of sp³-hybridized carbons (Fsp3) is 0.395. The standard InChI is InChI=1S/C43H51N4O/c1-25-14-17-33-32-19-16-30(38-44-39(42(8,9)10)46-40(45-38)43(11,12)13)22-35(32)48-37(33)36(25)47-24-34(26(2)20-28(47)4)31-18-15-29(21-27(31)3)23-41(5,6)7/h14-22,24H,23H2,1-13H3/q+1/i2D3,3D3,18D,23D2. The fourth-order valence-electron chi connectivity index (χ4n) is 5.86. The van der Waals surface area contributed by atoms with Crippen LogP contribution in [0.15, 0.2) is 65.2 Å². The molecule has 5 nitrogen and oxygen atoms in total. The quantitative estimate of drug-likeness (QED) is 0.179. The number of aryl methyl sites for hydroxylation is 4. The van der Waals surface area contributed by atoms with Crippen molar-refractivity contribution in [3.05, 3.63) is 100 Å². The highest BCUT2D eigenvalue weighted by molar-refractivity contribution is 6.08. The molecule has 48 heavy (non-hydrogen) atoms. The molecule has 0 amide bonds. The highest BCUT2D eigenvalue weighted by atomic mass is 16.3. The van der Waals surface area contributed by atoms with Gasteiger partial charge in [-0.05, 0) is 72.9 Å². The molecule has 0 spiro atoms. The summed E-state index contributed by atoms with van der Waals surface area (Å²) in [4.78, 5) is 14.6. The molecule has 248 valence electrons. The third-order valence-corrected chi connectivity index (χ3v) is 8.30. The van der Waals surface area contributed by atoms with Crippen molar-refractivity contribution in [3.8, 4) is 28.2 Å². The van der Waals surface area contributed by atoms with E-state index in [2.05, 4.69) is 41.5 Å². The Balaban J connectivity index is 1.63. The predicted octanol–water partition coefficient (Wildman–Crippen LogP) is 10.8. The Kier molecular flexibility index (Phi) is 5.79. The van der Waals surface area contributed by atoms with E-state index in [-0.39, 0.29) is 44.7 Å². The number of hydrogen-bond acceptors (Lipinski definition) is 4. The van der Waals surface area contributed by atoms with Gasteiger partial charge < -0.3 is 4.42 Å². The predicted molar refractivity (Wildman–Crippen MR) is 199 cm³/mol. The number of furan rings is 1. The molecule has 0 N–H and O–H groups in total. The number of aromatic nitrogens is 4. The normalized spacial score (nSPS) is 16.4. The molecular weight excluding hydrogens is 589 g/mol. The summed E-state index contributed by atoms with van der Waals surface area (Å²) >= 11 is 0. The molecule has 0 saturated carbocycles. The van der Waals surface area contributed by atoms with E-state index in [1.807, 2.05) is 37.3 Å². The molecule has 0 unspecified atom stereocenters. The van der Waals surface area contributed by atoms with E-state index in [0.717, 1.165) is 21.9 Å². The zero-order valence-corrected chi connectivity index (χ0v) is 29.9. The zero-order valence-electron chi connectivity index (χ0n) is 38.9. The molecule has 0 aliphatic heterocycles. The second-order valence-corrected chi connectivity index (χ2v) is 15.9. The molecule has 3 aromatic heterocycles. The van der Waals surface area contributed by atoms with Gasteiger partial charge in [0.15, 0.2) is 17.7 Å². The Hall–Kier alpha value is -4.38. The number of pyridine rings is 1. The molecule has 6 aromatic rings. The van der Waals surface area contributed by atoms with Crippen LogP contribution in [0.4, 0.5) is 0 Å². The number of nitrogens with zero attached hydrogens (tertiary/aromatic N) is 4. The molecule has 5 heteroatoms. The molecular formula is C43H51N4O+. The summed E-state index contributed by atoms with van der Waals surface area (Å²) in [6.07, 6.45) is -0.423. The van der Waals surface area contributed by atoms with E-state index in [1.54, 1.807) is 38.5 Å². The lowest BCUT2D eigenvalue weighted by Gasteiger charge is -2.22. The van der Waals surface area contributed by atoms with Crippen molar-refractivity contribution in [2.24, 2.45) is 5.41 Å². The first kappa shape index (κ1) is 23.9. The minimum absolute atomic E-state index is 0.0357. The van der Waals surface area contributed by atoms with Crippen LogP contribution in [0.25, 0.3) is 50.1 Å². The minimum Gasteiger partial charge on any atom is -0.449 e. The van der Waals surface area contributed by atoms with Crippen LogP contribution in [0.5, 0.6) is 0 Å². The Bertz CT molecular complexity index is 2530. The summed E-state index contributed by atoms with van der Waals surface area (Å²) in [5.41, 5.74) is 1.83. The van der Waals surface area contributed by atoms with Gasteiger partial charge in [0.1, 0.15) is 17.2 Å². The summed E-state index contributed by atoms with van der Waals surface area (Å²) in [5.74, 6) is 1.90. The fourth-order valence-corrected chi connectivity index (χ4v) is 5.86. The molecule has 0 atom stereocenters. The molecule has 6 rings (SSSR count).